The maximum Gasteiger partial charge on any atom is 0.263 e. The molecule has 0 spiro atoms. The zero-order valence-electron chi connectivity index (χ0n) is 9.63. The first-order chi connectivity index (χ1) is 8.13. The molecule has 2 nitrogen and oxygen atoms in total. The molecular weight excluding hydrogens is 277 g/mol. The summed E-state index contributed by atoms with van der Waals surface area (Å²) in [6.45, 7) is 1.91. The van der Waals surface area contributed by atoms with Crippen LogP contribution >= 0.6 is 34.5 Å². The van der Waals surface area contributed by atoms with Crippen LogP contribution in [0.25, 0.3) is 0 Å². The van der Waals surface area contributed by atoms with Gasteiger partial charge in [0.2, 0.25) is 0 Å². The SMILES string of the molecule is Cc1csc(C(=O)NC2CCCC2CCl)c1Cl. The number of thiophene rings is 1. The van der Waals surface area contributed by atoms with Crippen LogP contribution in [0.4, 0.5) is 0 Å². The van der Waals surface area contributed by atoms with E-state index in [4.69, 9.17) is 23.2 Å². The first-order valence-corrected chi connectivity index (χ1v) is 7.53. The molecule has 1 aromatic rings. The minimum Gasteiger partial charge on any atom is -0.348 e. The summed E-state index contributed by atoms with van der Waals surface area (Å²) < 4.78 is 0. The summed E-state index contributed by atoms with van der Waals surface area (Å²) in [6, 6.07) is 0.207. The van der Waals surface area contributed by atoms with E-state index >= 15 is 0 Å². The highest BCUT2D eigenvalue weighted by molar-refractivity contribution is 7.13. The monoisotopic (exact) mass is 291 g/mol. The van der Waals surface area contributed by atoms with Gasteiger partial charge in [-0.25, -0.2) is 0 Å². The number of hydrogen-bond donors (Lipinski definition) is 1. The minimum absolute atomic E-state index is 0.0601. The summed E-state index contributed by atoms with van der Waals surface area (Å²) in [7, 11) is 0. The Morgan fingerprint density at radius 3 is 2.94 bits per heavy atom. The number of amides is 1. The molecule has 1 aromatic heterocycles. The van der Waals surface area contributed by atoms with E-state index in [0.29, 0.717) is 21.7 Å². The predicted octanol–water partition coefficient (Wildman–Crippen LogP) is 3.85. The highest BCUT2D eigenvalue weighted by Crippen LogP contribution is 2.30. The van der Waals surface area contributed by atoms with Gasteiger partial charge in [-0.1, -0.05) is 18.0 Å². The van der Waals surface area contributed by atoms with E-state index in [1.807, 2.05) is 12.3 Å². The van der Waals surface area contributed by atoms with Crippen LogP contribution in [0, 0.1) is 12.8 Å². The first kappa shape index (κ1) is 13.2. The van der Waals surface area contributed by atoms with E-state index < -0.39 is 0 Å². The first-order valence-electron chi connectivity index (χ1n) is 5.74. The molecule has 1 aliphatic carbocycles. The number of aryl methyl sites for hydroxylation is 1. The molecule has 1 N–H and O–H groups in total. The van der Waals surface area contributed by atoms with Crippen LogP contribution in [0.2, 0.25) is 5.02 Å². The summed E-state index contributed by atoms with van der Waals surface area (Å²) >= 11 is 13.4. The van der Waals surface area contributed by atoms with Crippen LogP contribution in [-0.2, 0) is 0 Å². The van der Waals surface area contributed by atoms with Crippen LogP contribution in [0.1, 0.15) is 34.5 Å². The fourth-order valence-corrected chi connectivity index (χ4v) is 3.78. The molecular formula is C12H15Cl2NOS. The van der Waals surface area contributed by atoms with E-state index in [9.17, 15) is 4.79 Å². The fourth-order valence-electron chi connectivity index (χ4n) is 2.23. The topological polar surface area (TPSA) is 29.1 Å². The Labute approximate surface area is 115 Å². The van der Waals surface area contributed by atoms with Crippen molar-refractivity contribution in [3.05, 3.63) is 20.8 Å². The molecule has 0 bridgehead atoms. The zero-order valence-corrected chi connectivity index (χ0v) is 12.0. The van der Waals surface area contributed by atoms with Crippen LogP contribution in [0.15, 0.2) is 5.38 Å². The molecule has 0 radical (unpaired) electrons. The fraction of sp³-hybridized carbons (Fsp3) is 0.583. The smallest absolute Gasteiger partial charge is 0.263 e. The normalized spacial score (nSPS) is 23.9. The van der Waals surface area contributed by atoms with Crippen molar-refractivity contribution in [3.63, 3.8) is 0 Å². The highest BCUT2D eigenvalue weighted by Gasteiger charge is 2.28. The Bertz CT molecular complexity index is 419. The van der Waals surface area contributed by atoms with E-state index in [-0.39, 0.29) is 11.9 Å². The van der Waals surface area contributed by atoms with Gasteiger partial charge in [-0.15, -0.1) is 22.9 Å². The molecule has 2 rings (SSSR count). The third-order valence-electron chi connectivity index (χ3n) is 3.28. The molecule has 0 aromatic carbocycles. The van der Waals surface area contributed by atoms with Crippen molar-refractivity contribution < 1.29 is 4.79 Å². The Kier molecular flexibility index (Phi) is 4.34. The quantitative estimate of drug-likeness (QED) is 0.842. The summed E-state index contributed by atoms with van der Waals surface area (Å²) in [5.41, 5.74) is 0.960. The van der Waals surface area contributed by atoms with Crippen molar-refractivity contribution in [3.8, 4) is 0 Å². The molecule has 94 valence electrons. The number of rotatable bonds is 3. The van der Waals surface area contributed by atoms with Gasteiger partial charge in [-0.05, 0) is 36.6 Å². The average Bonchev–Trinajstić information content (AvgIpc) is 2.87. The van der Waals surface area contributed by atoms with Crippen LogP contribution in [-0.4, -0.2) is 17.8 Å². The third kappa shape index (κ3) is 2.78. The minimum atomic E-state index is -0.0601. The molecule has 5 heteroatoms. The number of halogens is 2. The molecule has 1 fully saturated rings. The van der Waals surface area contributed by atoms with Crippen LogP contribution < -0.4 is 5.32 Å². The van der Waals surface area contributed by atoms with E-state index in [0.717, 1.165) is 24.8 Å². The van der Waals surface area contributed by atoms with Crippen LogP contribution in [0.3, 0.4) is 0 Å². The van der Waals surface area contributed by atoms with Gasteiger partial charge in [-0.3, -0.25) is 4.79 Å². The van der Waals surface area contributed by atoms with E-state index in [1.54, 1.807) is 0 Å². The second-order valence-corrected chi connectivity index (χ2v) is 6.05. The zero-order chi connectivity index (χ0) is 12.4. The summed E-state index contributed by atoms with van der Waals surface area (Å²) in [5, 5.41) is 5.54. The number of carbonyl (C=O) groups excluding carboxylic acids is 1. The van der Waals surface area contributed by atoms with Crippen LogP contribution in [0.5, 0.6) is 0 Å². The van der Waals surface area contributed by atoms with Gasteiger partial charge in [-0.2, -0.15) is 0 Å². The maximum absolute atomic E-state index is 12.1. The number of hydrogen-bond acceptors (Lipinski definition) is 2. The number of alkyl halides is 1. The lowest BCUT2D eigenvalue weighted by Crippen LogP contribution is -2.37. The van der Waals surface area contributed by atoms with Crippen molar-refractivity contribution in [2.75, 3.05) is 5.88 Å². The standard InChI is InChI=1S/C12H15Cl2NOS/c1-7-6-17-11(10(7)14)12(16)15-9-4-2-3-8(9)5-13/h6,8-9H,2-5H2,1H3,(H,15,16). The highest BCUT2D eigenvalue weighted by atomic mass is 35.5. The van der Waals surface area contributed by atoms with Crippen molar-refractivity contribution in [1.29, 1.82) is 0 Å². The third-order valence-corrected chi connectivity index (χ3v) is 5.37. The Morgan fingerprint density at radius 1 is 1.59 bits per heavy atom. The molecule has 0 saturated heterocycles. The molecule has 0 aliphatic heterocycles. The molecule has 2 unspecified atom stereocenters. The second kappa shape index (κ2) is 5.59. The summed E-state index contributed by atoms with van der Waals surface area (Å²) in [6.07, 6.45) is 3.26. The van der Waals surface area contributed by atoms with Crippen molar-refractivity contribution in [2.24, 2.45) is 5.92 Å². The molecule has 17 heavy (non-hydrogen) atoms. The Balaban J connectivity index is 2.04. The lowest BCUT2D eigenvalue weighted by atomic mass is 10.1. The van der Waals surface area contributed by atoms with E-state index in [1.165, 1.54) is 11.3 Å². The molecule has 2 atom stereocenters. The molecule has 1 aliphatic rings. The molecule has 1 heterocycles. The second-order valence-electron chi connectivity index (χ2n) is 4.49. The van der Waals surface area contributed by atoms with Gasteiger partial charge in [0.05, 0.1) is 5.02 Å². The summed E-state index contributed by atoms with van der Waals surface area (Å²) in [5.74, 6) is 0.956. The summed E-state index contributed by atoms with van der Waals surface area (Å²) in [4.78, 5) is 12.7. The number of nitrogens with one attached hydrogen (secondary N) is 1. The largest absolute Gasteiger partial charge is 0.348 e. The lowest BCUT2D eigenvalue weighted by Gasteiger charge is -2.18. The number of carbonyl (C=O) groups is 1. The van der Waals surface area contributed by atoms with Crippen molar-refractivity contribution in [1.82, 2.24) is 5.32 Å². The molecule has 1 amide bonds. The van der Waals surface area contributed by atoms with Crippen molar-refractivity contribution in [2.45, 2.75) is 32.2 Å². The lowest BCUT2D eigenvalue weighted by molar-refractivity contribution is 0.0934. The Morgan fingerprint density at radius 2 is 2.35 bits per heavy atom. The molecule has 1 saturated carbocycles. The van der Waals surface area contributed by atoms with Gasteiger partial charge in [0, 0.05) is 11.9 Å². The van der Waals surface area contributed by atoms with Gasteiger partial charge in [0.1, 0.15) is 4.88 Å². The van der Waals surface area contributed by atoms with E-state index in [2.05, 4.69) is 5.32 Å². The average molecular weight is 292 g/mol. The van der Waals surface area contributed by atoms with Crippen molar-refractivity contribution >= 4 is 40.4 Å². The van der Waals surface area contributed by atoms with Gasteiger partial charge < -0.3 is 5.32 Å². The van der Waals surface area contributed by atoms with Gasteiger partial charge in [0.25, 0.3) is 5.91 Å². The van der Waals surface area contributed by atoms with Gasteiger partial charge in [0.15, 0.2) is 0 Å². The maximum atomic E-state index is 12.1. The van der Waals surface area contributed by atoms with Gasteiger partial charge >= 0.3 is 0 Å². The Hall–Kier alpha value is -0.250. The predicted molar refractivity (Wildman–Crippen MR) is 73.4 cm³/mol.